The fourth-order valence-corrected chi connectivity index (χ4v) is 4.17. The summed E-state index contributed by atoms with van der Waals surface area (Å²) in [6.07, 6.45) is 6.09. The molecule has 168 valence electrons. The Balaban J connectivity index is 1.76. The molecule has 1 saturated heterocycles. The molecule has 1 aromatic heterocycles. The number of hydrogen-bond donors (Lipinski definition) is 1. The maximum Gasteiger partial charge on any atom is 0.408 e. The van der Waals surface area contributed by atoms with Crippen molar-refractivity contribution >= 4 is 23.1 Å². The quantitative estimate of drug-likeness (QED) is 0.614. The second-order valence-electron chi connectivity index (χ2n) is 10.6. The smallest absolute Gasteiger partial charge is 0.408 e. The standard InChI is InChI=1S/C26H36N2O3/c1-18(27-23(29)31-24(2,3)4)21-11-10-20-9-8-19(16-22(20)28-21)12-13-26(7)14-15-30-25(5,6)17-26/h8-13,16,18H,14-15,17H2,1-7H3,(H,27,29)/b13-12+/t18-,26?/m1/s1. The fourth-order valence-electron chi connectivity index (χ4n) is 4.17. The Morgan fingerprint density at radius 3 is 2.61 bits per heavy atom. The largest absolute Gasteiger partial charge is 0.444 e. The maximum absolute atomic E-state index is 12.1. The Morgan fingerprint density at radius 1 is 1.23 bits per heavy atom. The van der Waals surface area contributed by atoms with E-state index >= 15 is 0 Å². The second kappa shape index (κ2) is 8.62. The minimum Gasteiger partial charge on any atom is -0.444 e. The van der Waals surface area contributed by atoms with Gasteiger partial charge in [-0.3, -0.25) is 4.98 Å². The third-order valence-corrected chi connectivity index (χ3v) is 5.59. The van der Waals surface area contributed by atoms with Gasteiger partial charge in [-0.1, -0.05) is 37.3 Å². The number of alkyl carbamates (subject to hydrolysis) is 1. The number of allylic oxidation sites excluding steroid dienone is 1. The van der Waals surface area contributed by atoms with Gasteiger partial charge in [-0.2, -0.15) is 0 Å². The number of carbonyl (C=O) groups excluding carboxylic acids is 1. The van der Waals surface area contributed by atoms with E-state index in [9.17, 15) is 4.79 Å². The van der Waals surface area contributed by atoms with Crippen LogP contribution in [0.15, 0.2) is 36.4 Å². The minimum absolute atomic E-state index is 0.0888. The van der Waals surface area contributed by atoms with Crippen LogP contribution < -0.4 is 5.32 Å². The van der Waals surface area contributed by atoms with Crippen LogP contribution in [0.1, 0.15) is 78.6 Å². The van der Waals surface area contributed by atoms with Crippen LogP contribution in [-0.2, 0) is 9.47 Å². The summed E-state index contributed by atoms with van der Waals surface area (Å²) in [6, 6.07) is 10.1. The zero-order valence-corrected chi connectivity index (χ0v) is 19.9. The molecule has 31 heavy (non-hydrogen) atoms. The number of hydrogen-bond acceptors (Lipinski definition) is 4. The first-order chi connectivity index (χ1) is 14.3. The molecule has 5 nitrogen and oxygen atoms in total. The number of nitrogens with zero attached hydrogens (tertiary/aromatic N) is 1. The van der Waals surface area contributed by atoms with E-state index in [-0.39, 0.29) is 17.1 Å². The topological polar surface area (TPSA) is 60.5 Å². The number of ether oxygens (including phenoxy) is 2. The number of aromatic nitrogens is 1. The summed E-state index contributed by atoms with van der Waals surface area (Å²) in [5.41, 5.74) is 2.34. The van der Waals surface area contributed by atoms with E-state index in [1.165, 1.54) is 0 Å². The average molecular weight is 425 g/mol. The highest BCUT2D eigenvalue weighted by atomic mass is 16.6. The van der Waals surface area contributed by atoms with Crippen molar-refractivity contribution in [1.82, 2.24) is 10.3 Å². The molecule has 2 aromatic rings. The molecule has 0 saturated carbocycles. The Bertz CT molecular complexity index is 974. The lowest BCUT2D eigenvalue weighted by molar-refractivity contribution is -0.0867. The zero-order valence-electron chi connectivity index (χ0n) is 19.9. The summed E-state index contributed by atoms with van der Waals surface area (Å²) < 4.78 is 11.2. The molecule has 1 aliphatic heterocycles. The average Bonchev–Trinajstić information content (AvgIpc) is 2.63. The van der Waals surface area contributed by atoms with Crippen molar-refractivity contribution in [2.24, 2.45) is 5.41 Å². The van der Waals surface area contributed by atoms with Gasteiger partial charge in [0.1, 0.15) is 5.60 Å². The van der Waals surface area contributed by atoms with E-state index in [1.54, 1.807) is 0 Å². The van der Waals surface area contributed by atoms with E-state index in [1.807, 2.05) is 39.8 Å². The van der Waals surface area contributed by atoms with Gasteiger partial charge in [0, 0.05) is 12.0 Å². The molecule has 2 atom stereocenters. The molecule has 1 aromatic carbocycles. The summed E-state index contributed by atoms with van der Waals surface area (Å²) in [4.78, 5) is 16.9. The van der Waals surface area contributed by atoms with Gasteiger partial charge in [-0.25, -0.2) is 4.79 Å². The summed E-state index contributed by atoms with van der Waals surface area (Å²) in [6.45, 7) is 14.9. The van der Waals surface area contributed by atoms with Crippen LogP contribution in [0.4, 0.5) is 4.79 Å². The van der Waals surface area contributed by atoms with Crippen molar-refractivity contribution in [3.8, 4) is 0 Å². The van der Waals surface area contributed by atoms with Gasteiger partial charge >= 0.3 is 6.09 Å². The van der Waals surface area contributed by atoms with Crippen molar-refractivity contribution in [2.75, 3.05) is 6.61 Å². The Labute approximate surface area is 186 Å². The molecular formula is C26H36N2O3. The molecule has 1 fully saturated rings. The van der Waals surface area contributed by atoms with Crippen LogP contribution in [0.25, 0.3) is 17.0 Å². The van der Waals surface area contributed by atoms with E-state index in [0.29, 0.717) is 0 Å². The van der Waals surface area contributed by atoms with Gasteiger partial charge in [0.2, 0.25) is 0 Å². The molecule has 0 radical (unpaired) electrons. The number of benzene rings is 1. The van der Waals surface area contributed by atoms with Crippen molar-refractivity contribution in [1.29, 1.82) is 0 Å². The Hall–Kier alpha value is -2.40. The molecule has 1 amide bonds. The van der Waals surface area contributed by atoms with E-state index in [0.717, 1.165) is 41.6 Å². The normalized spacial score (nSPS) is 22.4. The lowest BCUT2D eigenvalue weighted by atomic mass is 9.75. The number of nitrogens with one attached hydrogen (secondary N) is 1. The van der Waals surface area contributed by atoms with E-state index < -0.39 is 11.7 Å². The number of fused-ring (bicyclic) bond motifs is 1. The van der Waals surface area contributed by atoms with Gasteiger partial charge < -0.3 is 14.8 Å². The molecule has 3 rings (SSSR count). The predicted molar refractivity (Wildman–Crippen MR) is 126 cm³/mol. The molecule has 0 spiro atoms. The lowest BCUT2D eigenvalue weighted by Gasteiger charge is -2.41. The first-order valence-corrected chi connectivity index (χ1v) is 11.1. The van der Waals surface area contributed by atoms with E-state index in [4.69, 9.17) is 14.5 Å². The molecule has 1 aliphatic rings. The Kier molecular flexibility index (Phi) is 6.47. The summed E-state index contributed by atoms with van der Waals surface area (Å²) >= 11 is 0. The van der Waals surface area contributed by atoms with Crippen LogP contribution in [-0.4, -0.2) is 28.9 Å². The van der Waals surface area contributed by atoms with E-state index in [2.05, 4.69) is 56.4 Å². The van der Waals surface area contributed by atoms with Crippen molar-refractivity contribution in [2.45, 2.75) is 78.6 Å². The van der Waals surface area contributed by atoms with Gasteiger partial charge in [0.25, 0.3) is 0 Å². The summed E-state index contributed by atoms with van der Waals surface area (Å²) in [5, 5.41) is 3.94. The van der Waals surface area contributed by atoms with Crippen molar-refractivity contribution in [3.05, 3.63) is 47.7 Å². The molecule has 5 heteroatoms. The van der Waals surface area contributed by atoms with Gasteiger partial charge in [-0.15, -0.1) is 0 Å². The zero-order chi connectivity index (χ0) is 22.9. The minimum atomic E-state index is -0.530. The number of rotatable bonds is 4. The molecule has 0 bridgehead atoms. The monoisotopic (exact) mass is 424 g/mol. The third kappa shape index (κ3) is 6.54. The highest BCUT2D eigenvalue weighted by Gasteiger charge is 2.35. The molecule has 1 unspecified atom stereocenters. The van der Waals surface area contributed by atoms with Crippen molar-refractivity contribution < 1.29 is 14.3 Å². The number of carbonyl (C=O) groups is 1. The Morgan fingerprint density at radius 2 is 1.94 bits per heavy atom. The van der Waals surface area contributed by atoms with Gasteiger partial charge in [-0.05, 0) is 77.5 Å². The molecule has 2 heterocycles. The van der Waals surface area contributed by atoms with Crippen LogP contribution in [0.3, 0.4) is 0 Å². The summed E-state index contributed by atoms with van der Waals surface area (Å²) in [7, 11) is 0. The second-order valence-corrected chi connectivity index (χ2v) is 10.6. The fraction of sp³-hybridized carbons (Fsp3) is 0.538. The number of pyridine rings is 1. The van der Waals surface area contributed by atoms with Crippen LogP contribution in [0.5, 0.6) is 0 Å². The summed E-state index contributed by atoms with van der Waals surface area (Å²) in [5.74, 6) is 0. The van der Waals surface area contributed by atoms with Crippen LogP contribution >= 0.6 is 0 Å². The van der Waals surface area contributed by atoms with Crippen LogP contribution in [0, 0.1) is 5.41 Å². The highest BCUT2D eigenvalue weighted by molar-refractivity contribution is 5.81. The maximum atomic E-state index is 12.1. The molecular weight excluding hydrogens is 388 g/mol. The SMILES string of the molecule is C[C@@H](NC(=O)OC(C)(C)C)c1ccc2ccc(/C=C/C3(C)CCOC(C)(C)C3)cc2n1. The molecule has 0 aliphatic carbocycles. The highest BCUT2D eigenvalue weighted by Crippen LogP contribution is 2.40. The first-order valence-electron chi connectivity index (χ1n) is 11.1. The van der Waals surface area contributed by atoms with Gasteiger partial charge in [0.15, 0.2) is 0 Å². The first kappa shape index (κ1) is 23.3. The molecule has 1 N–H and O–H groups in total. The van der Waals surface area contributed by atoms with Crippen molar-refractivity contribution in [3.63, 3.8) is 0 Å². The number of amides is 1. The van der Waals surface area contributed by atoms with Gasteiger partial charge in [0.05, 0.1) is 22.9 Å². The van der Waals surface area contributed by atoms with Crippen LogP contribution in [0.2, 0.25) is 0 Å². The predicted octanol–water partition coefficient (Wildman–Crippen LogP) is 6.43. The lowest BCUT2D eigenvalue weighted by Crippen LogP contribution is -2.38. The third-order valence-electron chi connectivity index (χ3n) is 5.59.